The van der Waals surface area contributed by atoms with Gasteiger partial charge in [0.15, 0.2) is 11.5 Å². The molecule has 0 aliphatic carbocycles. The SMILES string of the molecule is COc1cc2c(cc1OC)[C@@H](c1cccs1)N(CC(=O)Nc1cc(C)ccc1C)CC2. The second-order valence-electron chi connectivity index (χ2n) is 7.91. The highest BCUT2D eigenvalue weighted by Gasteiger charge is 2.32. The minimum atomic E-state index is -0.000757. The first-order valence-corrected chi connectivity index (χ1v) is 11.3. The van der Waals surface area contributed by atoms with E-state index in [0.29, 0.717) is 12.3 Å². The number of hydrogen-bond donors (Lipinski definition) is 1. The lowest BCUT2D eigenvalue weighted by atomic mass is 9.91. The van der Waals surface area contributed by atoms with Crippen molar-refractivity contribution in [2.75, 3.05) is 32.6 Å². The van der Waals surface area contributed by atoms with Gasteiger partial charge in [-0.05, 0) is 72.2 Å². The van der Waals surface area contributed by atoms with Gasteiger partial charge in [0.2, 0.25) is 5.91 Å². The number of nitrogens with zero attached hydrogens (tertiary/aromatic N) is 1. The van der Waals surface area contributed by atoms with Crippen molar-refractivity contribution in [2.45, 2.75) is 26.3 Å². The summed E-state index contributed by atoms with van der Waals surface area (Å²) in [5.74, 6) is 1.45. The van der Waals surface area contributed by atoms with E-state index in [1.165, 1.54) is 16.0 Å². The average molecular weight is 437 g/mol. The normalized spacial score (nSPS) is 15.9. The van der Waals surface area contributed by atoms with Crippen LogP contribution in [0.15, 0.2) is 47.8 Å². The molecule has 1 aliphatic rings. The fourth-order valence-electron chi connectivity index (χ4n) is 4.19. The molecule has 0 saturated heterocycles. The number of methoxy groups -OCH3 is 2. The number of benzene rings is 2. The van der Waals surface area contributed by atoms with Crippen LogP contribution < -0.4 is 14.8 Å². The molecule has 0 fully saturated rings. The molecular formula is C25H28N2O3S. The van der Waals surface area contributed by atoms with Gasteiger partial charge >= 0.3 is 0 Å². The summed E-state index contributed by atoms with van der Waals surface area (Å²) in [5.41, 5.74) is 5.48. The van der Waals surface area contributed by atoms with Crippen LogP contribution in [0.25, 0.3) is 0 Å². The van der Waals surface area contributed by atoms with Crippen molar-refractivity contribution < 1.29 is 14.3 Å². The van der Waals surface area contributed by atoms with Gasteiger partial charge in [-0.3, -0.25) is 9.69 Å². The summed E-state index contributed by atoms with van der Waals surface area (Å²) in [6.45, 7) is 5.17. The number of ether oxygens (including phenoxy) is 2. The summed E-state index contributed by atoms with van der Waals surface area (Å²) in [5, 5.41) is 5.19. The van der Waals surface area contributed by atoms with Crippen molar-refractivity contribution in [3.8, 4) is 11.5 Å². The van der Waals surface area contributed by atoms with Crippen LogP contribution in [-0.4, -0.2) is 38.1 Å². The Morgan fingerprint density at radius 1 is 1.13 bits per heavy atom. The number of hydrogen-bond acceptors (Lipinski definition) is 5. The van der Waals surface area contributed by atoms with Gasteiger partial charge in [0.05, 0.1) is 26.8 Å². The summed E-state index contributed by atoms with van der Waals surface area (Å²) in [6.07, 6.45) is 0.855. The highest BCUT2D eigenvalue weighted by atomic mass is 32.1. The van der Waals surface area contributed by atoms with Crippen LogP contribution in [0.3, 0.4) is 0 Å². The molecule has 0 bridgehead atoms. The Bertz CT molecular complexity index is 1080. The van der Waals surface area contributed by atoms with E-state index in [4.69, 9.17) is 9.47 Å². The Labute approximate surface area is 187 Å². The molecule has 1 aromatic heterocycles. The molecule has 0 spiro atoms. The predicted molar refractivity (Wildman–Crippen MR) is 126 cm³/mol. The zero-order valence-corrected chi connectivity index (χ0v) is 19.2. The highest BCUT2D eigenvalue weighted by Crippen LogP contribution is 2.42. The van der Waals surface area contributed by atoms with Crippen LogP contribution in [0.4, 0.5) is 5.69 Å². The molecule has 0 saturated carbocycles. The quantitative estimate of drug-likeness (QED) is 0.593. The van der Waals surface area contributed by atoms with Gasteiger partial charge in [0, 0.05) is 17.1 Å². The second kappa shape index (κ2) is 9.12. The smallest absolute Gasteiger partial charge is 0.238 e. The summed E-state index contributed by atoms with van der Waals surface area (Å²) in [4.78, 5) is 16.5. The largest absolute Gasteiger partial charge is 0.493 e. The van der Waals surface area contributed by atoms with Crippen LogP contribution in [0, 0.1) is 13.8 Å². The third kappa shape index (κ3) is 4.45. The zero-order chi connectivity index (χ0) is 22.0. The number of fused-ring (bicyclic) bond motifs is 1. The molecule has 5 nitrogen and oxygen atoms in total. The highest BCUT2D eigenvalue weighted by molar-refractivity contribution is 7.10. The topological polar surface area (TPSA) is 50.8 Å². The van der Waals surface area contributed by atoms with Crippen molar-refractivity contribution in [3.05, 3.63) is 75.0 Å². The van der Waals surface area contributed by atoms with Gasteiger partial charge < -0.3 is 14.8 Å². The van der Waals surface area contributed by atoms with E-state index in [9.17, 15) is 4.79 Å². The lowest BCUT2D eigenvalue weighted by Gasteiger charge is -2.37. The number of carbonyl (C=O) groups excluding carboxylic acids is 1. The number of carbonyl (C=O) groups is 1. The first-order chi connectivity index (χ1) is 15.0. The third-order valence-corrected chi connectivity index (χ3v) is 6.72. The van der Waals surface area contributed by atoms with E-state index in [1.807, 2.05) is 26.0 Å². The fraction of sp³-hybridized carbons (Fsp3) is 0.320. The molecule has 3 aromatic rings. The van der Waals surface area contributed by atoms with Crippen molar-refractivity contribution in [1.82, 2.24) is 4.90 Å². The van der Waals surface area contributed by atoms with Crippen LogP contribution in [0.1, 0.15) is 33.2 Å². The number of amides is 1. The van der Waals surface area contributed by atoms with Crippen molar-refractivity contribution >= 4 is 22.9 Å². The number of nitrogens with one attached hydrogen (secondary N) is 1. The maximum Gasteiger partial charge on any atom is 0.238 e. The predicted octanol–water partition coefficient (Wildman–Crippen LogP) is 4.97. The van der Waals surface area contributed by atoms with E-state index in [1.54, 1.807) is 25.6 Å². The van der Waals surface area contributed by atoms with Gasteiger partial charge in [-0.2, -0.15) is 0 Å². The Kier molecular flexibility index (Phi) is 6.30. The van der Waals surface area contributed by atoms with E-state index in [2.05, 4.69) is 45.9 Å². The molecule has 4 rings (SSSR count). The Morgan fingerprint density at radius 3 is 2.61 bits per heavy atom. The van der Waals surface area contributed by atoms with Crippen LogP contribution in [-0.2, 0) is 11.2 Å². The molecule has 2 aromatic carbocycles. The number of thiophene rings is 1. The first-order valence-electron chi connectivity index (χ1n) is 10.4. The van der Waals surface area contributed by atoms with Gasteiger partial charge in [-0.1, -0.05) is 18.2 Å². The molecule has 0 radical (unpaired) electrons. The minimum Gasteiger partial charge on any atom is -0.493 e. The third-order valence-electron chi connectivity index (χ3n) is 5.80. The van der Waals surface area contributed by atoms with Gasteiger partial charge in [-0.15, -0.1) is 11.3 Å². The van der Waals surface area contributed by atoms with E-state index < -0.39 is 0 Å². The molecule has 31 heavy (non-hydrogen) atoms. The zero-order valence-electron chi connectivity index (χ0n) is 18.4. The molecule has 0 unspecified atom stereocenters. The maximum atomic E-state index is 13.0. The van der Waals surface area contributed by atoms with Crippen molar-refractivity contribution in [1.29, 1.82) is 0 Å². The van der Waals surface area contributed by atoms with Crippen molar-refractivity contribution in [2.24, 2.45) is 0 Å². The van der Waals surface area contributed by atoms with Gasteiger partial charge in [0.1, 0.15) is 0 Å². The van der Waals surface area contributed by atoms with E-state index >= 15 is 0 Å². The molecule has 1 aliphatic heterocycles. The standard InChI is InChI=1S/C25H28N2O3S/c1-16-7-8-17(2)20(12-16)26-24(28)15-27-10-9-18-13-21(29-3)22(30-4)14-19(18)25(27)23-6-5-11-31-23/h5-8,11-14,25H,9-10,15H2,1-4H3,(H,26,28)/t25-/m0/s1. The molecular weight excluding hydrogens is 408 g/mol. The Balaban J connectivity index is 1.63. The maximum absolute atomic E-state index is 13.0. The van der Waals surface area contributed by atoms with Gasteiger partial charge in [-0.25, -0.2) is 0 Å². The lowest BCUT2D eigenvalue weighted by molar-refractivity contribution is -0.117. The minimum absolute atomic E-state index is 0.000757. The molecule has 6 heteroatoms. The number of aryl methyl sites for hydroxylation is 2. The lowest BCUT2D eigenvalue weighted by Crippen LogP contribution is -2.41. The summed E-state index contributed by atoms with van der Waals surface area (Å²) < 4.78 is 11.1. The number of anilines is 1. The van der Waals surface area contributed by atoms with Gasteiger partial charge in [0.25, 0.3) is 0 Å². The Morgan fingerprint density at radius 2 is 1.90 bits per heavy atom. The van der Waals surface area contributed by atoms with Crippen LogP contribution in [0.5, 0.6) is 11.5 Å². The van der Waals surface area contributed by atoms with Crippen molar-refractivity contribution in [3.63, 3.8) is 0 Å². The average Bonchev–Trinajstić information content (AvgIpc) is 3.29. The molecule has 1 amide bonds. The van der Waals surface area contributed by atoms with Crippen LogP contribution in [0.2, 0.25) is 0 Å². The summed E-state index contributed by atoms with van der Waals surface area (Å²) >= 11 is 1.71. The van der Waals surface area contributed by atoms with E-state index in [-0.39, 0.29) is 11.9 Å². The van der Waals surface area contributed by atoms with E-state index in [0.717, 1.165) is 35.5 Å². The molecule has 2 heterocycles. The summed E-state index contributed by atoms with van der Waals surface area (Å²) in [7, 11) is 3.32. The molecule has 1 N–H and O–H groups in total. The molecule has 162 valence electrons. The Hall–Kier alpha value is -2.83. The summed E-state index contributed by atoms with van der Waals surface area (Å²) in [6, 6.07) is 14.5. The van der Waals surface area contributed by atoms with Crippen LogP contribution >= 0.6 is 11.3 Å². The number of rotatable bonds is 6. The fourth-order valence-corrected chi connectivity index (χ4v) is 5.07. The second-order valence-corrected chi connectivity index (χ2v) is 8.89. The molecule has 1 atom stereocenters. The first kappa shape index (κ1) is 21.4. The monoisotopic (exact) mass is 436 g/mol.